The summed E-state index contributed by atoms with van der Waals surface area (Å²) in [5.41, 5.74) is 0.795. The Balaban J connectivity index is 1.56. The normalized spacial score (nSPS) is 18.1. The number of nitrogens with zero attached hydrogens (tertiary/aromatic N) is 1. The topological polar surface area (TPSA) is 58.6 Å². The maximum Gasteiger partial charge on any atom is 0.410 e. The largest absolute Gasteiger partial charge is 0.444 e. The molecule has 0 bridgehead atoms. The lowest BCUT2D eigenvalue weighted by atomic mass is 9.84. The van der Waals surface area contributed by atoms with Gasteiger partial charge in [-0.1, -0.05) is 65.3 Å². The lowest BCUT2D eigenvalue weighted by Gasteiger charge is -2.40. The van der Waals surface area contributed by atoms with Crippen molar-refractivity contribution in [2.45, 2.75) is 64.5 Å². The highest BCUT2D eigenvalue weighted by Crippen LogP contribution is 2.39. The average Bonchev–Trinajstić information content (AvgIpc) is 2.79. The van der Waals surface area contributed by atoms with Gasteiger partial charge in [0.1, 0.15) is 5.60 Å². The van der Waals surface area contributed by atoms with E-state index < -0.39 is 5.60 Å². The number of likely N-dealkylation sites (tertiary alicyclic amines) is 1. The van der Waals surface area contributed by atoms with Gasteiger partial charge in [-0.3, -0.25) is 4.79 Å². The molecule has 3 rings (SSSR count). The van der Waals surface area contributed by atoms with E-state index in [2.05, 4.69) is 5.32 Å². The molecule has 0 spiro atoms. The van der Waals surface area contributed by atoms with E-state index in [9.17, 15) is 9.59 Å². The summed E-state index contributed by atoms with van der Waals surface area (Å²) < 4.78 is 5.68. The van der Waals surface area contributed by atoms with Crippen LogP contribution in [-0.2, 0) is 4.74 Å². The Morgan fingerprint density at radius 3 is 2.42 bits per heavy atom. The summed E-state index contributed by atoms with van der Waals surface area (Å²) in [6, 6.07) is 10.2. The summed E-state index contributed by atoms with van der Waals surface area (Å²) in [7, 11) is 0. The van der Waals surface area contributed by atoms with Crippen molar-refractivity contribution in [2.75, 3.05) is 13.1 Å². The number of benzene rings is 2. The quantitative estimate of drug-likeness (QED) is 0.337. The summed E-state index contributed by atoms with van der Waals surface area (Å²) in [6.07, 6.45) is 4.19. The van der Waals surface area contributed by atoms with Gasteiger partial charge in [0.2, 0.25) is 0 Å². The molecule has 0 aliphatic carbocycles. The van der Waals surface area contributed by atoms with Gasteiger partial charge in [0.25, 0.3) is 5.91 Å². The highest BCUT2D eigenvalue weighted by molar-refractivity contribution is 6.42. The lowest BCUT2D eigenvalue weighted by molar-refractivity contribution is 0.00357. The fourth-order valence-corrected chi connectivity index (χ4v) is 5.20. The van der Waals surface area contributed by atoms with Gasteiger partial charge in [0.15, 0.2) is 0 Å². The van der Waals surface area contributed by atoms with Gasteiger partial charge in [-0.25, -0.2) is 4.79 Å². The van der Waals surface area contributed by atoms with E-state index in [1.54, 1.807) is 29.2 Å². The molecule has 2 amide bonds. The number of halogens is 4. The van der Waals surface area contributed by atoms with Crippen molar-refractivity contribution >= 4 is 58.4 Å². The summed E-state index contributed by atoms with van der Waals surface area (Å²) in [6.45, 7) is 6.77. The van der Waals surface area contributed by atoms with Crippen molar-refractivity contribution in [1.29, 1.82) is 0 Å². The minimum absolute atomic E-state index is 0.139. The van der Waals surface area contributed by atoms with Crippen LogP contribution in [0.25, 0.3) is 0 Å². The van der Waals surface area contributed by atoms with Crippen LogP contribution in [0.15, 0.2) is 36.4 Å². The number of hydrogen-bond acceptors (Lipinski definition) is 3. The molecule has 2 aromatic rings. The van der Waals surface area contributed by atoms with Crippen LogP contribution in [0.1, 0.15) is 74.8 Å². The highest BCUT2D eigenvalue weighted by Gasteiger charge is 2.35. The number of amides is 2. The molecule has 2 atom stereocenters. The van der Waals surface area contributed by atoms with Gasteiger partial charge >= 0.3 is 6.09 Å². The van der Waals surface area contributed by atoms with Crippen molar-refractivity contribution in [3.8, 4) is 0 Å². The van der Waals surface area contributed by atoms with Crippen LogP contribution in [0.2, 0.25) is 20.1 Å². The Morgan fingerprint density at radius 2 is 1.75 bits per heavy atom. The van der Waals surface area contributed by atoms with E-state index >= 15 is 0 Å². The third-order valence-electron chi connectivity index (χ3n) is 6.17. The Morgan fingerprint density at radius 1 is 1.00 bits per heavy atom. The number of carbonyl (C=O) groups excluding carboxylic acids is 2. The molecule has 2 unspecified atom stereocenters. The second-order valence-corrected chi connectivity index (χ2v) is 11.8. The van der Waals surface area contributed by atoms with Crippen molar-refractivity contribution in [3.63, 3.8) is 0 Å². The summed E-state index contributed by atoms with van der Waals surface area (Å²) in [5.74, 6) is 0.228. The second-order valence-electron chi connectivity index (χ2n) is 10.1. The van der Waals surface area contributed by atoms with E-state index in [1.807, 2.05) is 32.9 Å². The minimum Gasteiger partial charge on any atom is -0.444 e. The smallest absolute Gasteiger partial charge is 0.410 e. The van der Waals surface area contributed by atoms with E-state index in [1.165, 1.54) is 0 Å². The molecule has 0 aromatic heterocycles. The highest BCUT2D eigenvalue weighted by atomic mass is 35.5. The summed E-state index contributed by atoms with van der Waals surface area (Å²) in [4.78, 5) is 27.2. The van der Waals surface area contributed by atoms with E-state index in [0.29, 0.717) is 44.7 Å². The number of unbranched alkanes of at least 4 members (excludes halogenated alkanes) is 1. The fourth-order valence-electron chi connectivity index (χ4n) is 4.40. The van der Waals surface area contributed by atoms with Crippen LogP contribution in [0.4, 0.5) is 4.79 Å². The minimum atomic E-state index is -0.573. The predicted molar refractivity (Wildman–Crippen MR) is 148 cm³/mol. The van der Waals surface area contributed by atoms with Gasteiger partial charge < -0.3 is 15.0 Å². The van der Waals surface area contributed by atoms with Crippen LogP contribution in [0.3, 0.4) is 0 Å². The van der Waals surface area contributed by atoms with E-state index in [4.69, 9.17) is 51.1 Å². The van der Waals surface area contributed by atoms with Crippen LogP contribution < -0.4 is 5.32 Å². The van der Waals surface area contributed by atoms with Gasteiger partial charge in [-0.15, -0.1) is 0 Å². The first-order valence-corrected chi connectivity index (χ1v) is 13.6. The average molecular weight is 574 g/mol. The number of carbonyl (C=O) groups is 2. The van der Waals surface area contributed by atoms with Crippen molar-refractivity contribution < 1.29 is 14.3 Å². The molecule has 1 aliphatic heterocycles. The molecule has 1 fully saturated rings. The summed E-state index contributed by atoms with van der Waals surface area (Å²) >= 11 is 24.4. The van der Waals surface area contributed by atoms with Gasteiger partial charge in [0, 0.05) is 18.1 Å². The molecule has 1 saturated heterocycles. The van der Waals surface area contributed by atoms with Crippen LogP contribution in [0, 0.1) is 5.92 Å². The number of ether oxygens (including phenoxy) is 1. The monoisotopic (exact) mass is 572 g/mol. The lowest BCUT2D eigenvalue weighted by Crippen LogP contribution is -2.43. The first-order valence-electron chi connectivity index (χ1n) is 12.1. The zero-order chi connectivity index (χ0) is 26.5. The van der Waals surface area contributed by atoms with Gasteiger partial charge in [-0.05, 0) is 81.8 Å². The van der Waals surface area contributed by atoms with E-state index in [-0.39, 0.29) is 18.0 Å². The first kappa shape index (κ1) is 28.9. The Kier molecular flexibility index (Phi) is 10.2. The molecule has 0 radical (unpaired) electrons. The number of nitrogens with one attached hydrogen (secondary N) is 1. The number of piperidine rings is 1. The molecule has 36 heavy (non-hydrogen) atoms. The van der Waals surface area contributed by atoms with Crippen molar-refractivity contribution in [1.82, 2.24) is 10.2 Å². The van der Waals surface area contributed by atoms with E-state index in [0.717, 1.165) is 37.7 Å². The molecular formula is C27H32Cl4N2O3. The zero-order valence-electron chi connectivity index (χ0n) is 20.8. The fraction of sp³-hybridized carbons (Fsp3) is 0.481. The SMILES string of the molecule is CC(C)(C)OC(=O)N1CCC(CCCCNC(=O)c2ccc(Cl)cc2Cl)CC1c1ccc(Cl)c(Cl)c1. The Hall–Kier alpha value is -1.66. The van der Waals surface area contributed by atoms with Gasteiger partial charge in [-0.2, -0.15) is 0 Å². The third-order valence-corrected chi connectivity index (χ3v) is 7.45. The first-order chi connectivity index (χ1) is 16.9. The Bertz CT molecular complexity index is 1090. The van der Waals surface area contributed by atoms with Crippen LogP contribution >= 0.6 is 46.4 Å². The molecule has 9 heteroatoms. The maximum atomic E-state index is 13.0. The maximum absolute atomic E-state index is 13.0. The molecule has 1 aliphatic rings. The van der Waals surface area contributed by atoms with Crippen LogP contribution in [0.5, 0.6) is 0 Å². The molecular weight excluding hydrogens is 542 g/mol. The van der Waals surface area contributed by atoms with Crippen molar-refractivity contribution in [3.05, 3.63) is 67.6 Å². The standard InChI is InChI=1S/C27H32Cl4N2O3/c1-27(2,3)36-26(35)33-13-11-17(14-24(33)18-7-10-21(29)23(31)15-18)6-4-5-12-32-25(34)20-9-8-19(28)16-22(20)30/h7-10,15-17,24H,4-6,11-14H2,1-3H3,(H,32,34). The van der Waals surface area contributed by atoms with Crippen molar-refractivity contribution in [2.24, 2.45) is 5.92 Å². The summed E-state index contributed by atoms with van der Waals surface area (Å²) in [5, 5.41) is 4.71. The van der Waals surface area contributed by atoms with Crippen LogP contribution in [-0.4, -0.2) is 35.6 Å². The zero-order valence-corrected chi connectivity index (χ0v) is 23.8. The number of rotatable bonds is 7. The third kappa shape index (κ3) is 8.17. The number of hydrogen-bond donors (Lipinski definition) is 1. The predicted octanol–water partition coefficient (Wildman–Crippen LogP) is 8.59. The molecule has 1 heterocycles. The molecule has 0 saturated carbocycles. The second kappa shape index (κ2) is 12.7. The molecule has 1 N–H and O–H groups in total. The van der Waals surface area contributed by atoms with Gasteiger partial charge in [0.05, 0.1) is 26.7 Å². The molecule has 5 nitrogen and oxygen atoms in total. The molecule has 2 aromatic carbocycles. The Labute approximate surface area is 233 Å². The molecule has 196 valence electrons.